The number of anilines is 1. The van der Waals surface area contributed by atoms with E-state index in [1.165, 1.54) is 50.5 Å². The summed E-state index contributed by atoms with van der Waals surface area (Å²) in [6.07, 6.45) is 3.08. The minimum atomic E-state index is -1.08. The minimum absolute atomic E-state index is 0.139. The first-order valence-electron chi connectivity index (χ1n) is 12.9. The van der Waals surface area contributed by atoms with Gasteiger partial charge < -0.3 is 24.1 Å². The molecule has 1 heterocycles. The van der Waals surface area contributed by atoms with Crippen molar-refractivity contribution in [1.82, 2.24) is 0 Å². The van der Waals surface area contributed by atoms with Crippen LogP contribution in [-0.4, -0.2) is 44.7 Å². The van der Waals surface area contributed by atoms with Crippen LogP contribution in [0.1, 0.15) is 43.4 Å². The van der Waals surface area contributed by atoms with Crippen LogP contribution in [0.3, 0.4) is 0 Å². The Hall–Kier alpha value is -4.53. The molecule has 1 amide bonds. The molecular formula is C31H32FNO7. The number of carbonyl (C=O) groups is 2. The number of benzene rings is 3. The van der Waals surface area contributed by atoms with Gasteiger partial charge in [-0.2, -0.15) is 0 Å². The number of ether oxygens (including phenoxy) is 4. The Balaban J connectivity index is 1.85. The molecule has 0 aliphatic carbocycles. The molecule has 0 spiro atoms. The van der Waals surface area contributed by atoms with Gasteiger partial charge in [-0.1, -0.05) is 19.8 Å². The normalized spacial score (nSPS) is 16.2. The van der Waals surface area contributed by atoms with Crippen molar-refractivity contribution in [3.63, 3.8) is 0 Å². The van der Waals surface area contributed by atoms with Gasteiger partial charge in [0.15, 0.2) is 11.5 Å². The number of nitrogens with zero attached hydrogens (tertiary/aromatic N) is 1. The van der Waals surface area contributed by atoms with Crippen molar-refractivity contribution in [2.24, 2.45) is 0 Å². The van der Waals surface area contributed by atoms with Gasteiger partial charge in [0.1, 0.15) is 17.3 Å². The number of methoxy groups -OCH3 is 3. The summed E-state index contributed by atoms with van der Waals surface area (Å²) < 4.78 is 35.9. The number of rotatable bonds is 11. The molecule has 40 heavy (non-hydrogen) atoms. The Labute approximate surface area is 232 Å². The highest BCUT2D eigenvalue weighted by atomic mass is 19.1. The van der Waals surface area contributed by atoms with Gasteiger partial charge in [0, 0.05) is 11.3 Å². The topological polar surface area (TPSA) is 94.5 Å². The van der Waals surface area contributed by atoms with Crippen LogP contribution >= 0.6 is 0 Å². The van der Waals surface area contributed by atoms with E-state index >= 15 is 0 Å². The summed E-state index contributed by atoms with van der Waals surface area (Å²) in [7, 11) is 4.36. The second-order valence-electron chi connectivity index (χ2n) is 9.18. The molecule has 1 aliphatic heterocycles. The van der Waals surface area contributed by atoms with Crippen LogP contribution in [0.25, 0.3) is 5.76 Å². The number of aliphatic hydroxyl groups is 1. The van der Waals surface area contributed by atoms with Crippen LogP contribution in [0.5, 0.6) is 23.0 Å². The molecule has 8 nitrogen and oxygen atoms in total. The zero-order chi connectivity index (χ0) is 28.8. The Morgan fingerprint density at radius 1 is 0.900 bits per heavy atom. The number of aliphatic hydroxyl groups excluding tert-OH is 1. The lowest BCUT2D eigenvalue weighted by atomic mass is 9.94. The molecule has 210 valence electrons. The zero-order valence-electron chi connectivity index (χ0n) is 22.9. The van der Waals surface area contributed by atoms with Gasteiger partial charge in [0.25, 0.3) is 11.7 Å². The Morgan fingerprint density at radius 3 is 2.08 bits per heavy atom. The molecule has 3 aromatic rings. The molecule has 0 radical (unpaired) electrons. The van der Waals surface area contributed by atoms with Crippen LogP contribution in [0.4, 0.5) is 10.1 Å². The second kappa shape index (κ2) is 12.5. The van der Waals surface area contributed by atoms with E-state index in [4.69, 9.17) is 18.9 Å². The Kier molecular flexibility index (Phi) is 8.93. The highest BCUT2D eigenvalue weighted by Crippen LogP contribution is 2.47. The third-order valence-corrected chi connectivity index (χ3v) is 6.70. The molecule has 1 fully saturated rings. The van der Waals surface area contributed by atoms with E-state index in [9.17, 15) is 19.1 Å². The van der Waals surface area contributed by atoms with Crippen LogP contribution in [0, 0.1) is 5.82 Å². The Morgan fingerprint density at radius 2 is 1.52 bits per heavy atom. The van der Waals surface area contributed by atoms with Gasteiger partial charge in [0.05, 0.1) is 39.6 Å². The first-order valence-corrected chi connectivity index (χ1v) is 12.9. The van der Waals surface area contributed by atoms with Crippen LogP contribution < -0.4 is 23.8 Å². The average molecular weight is 550 g/mol. The number of halogens is 1. The van der Waals surface area contributed by atoms with E-state index in [1.54, 1.807) is 36.4 Å². The second-order valence-corrected chi connectivity index (χ2v) is 9.18. The molecule has 1 unspecified atom stereocenters. The zero-order valence-corrected chi connectivity index (χ0v) is 22.9. The molecule has 4 rings (SSSR count). The number of amides is 1. The maximum absolute atomic E-state index is 13.7. The quantitative estimate of drug-likeness (QED) is 0.135. The molecule has 3 aromatic carbocycles. The van der Waals surface area contributed by atoms with Gasteiger partial charge in [-0.15, -0.1) is 0 Å². The number of ketones is 1. The first kappa shape index (κ1) is 28.5. The predicted molar refractivity (Wildman–Crippen MR) is 149 cm³/mol. The van der Waals surface area contributed by atoms with Crippen LogP contribution in [0.2, 0.25) is 0 Å². The van der Waals surface area contributed by atoms with Gasteiger partial charge >= 0.3 is 0 Å². The van der Waals surface area contributed by atoms with Gasteiger partial charge in [-0.25, -0.2) is 4.39 Å². The van der Waals surface area contributed by atoms with Crippen molar-refractivity contribution in [3.8, 4) is 23.0 Å². The number of carbonyl (C=O) groups excluding carboxylic acids is 2. The molecule has 1 atom stereocenters. The third-order valence-electron chi connectivity index (χ3n) is 6.70. The van der Waals surface area contributed by atoms with Crippen molar-refractivity contribution in [1.29, 1.82) is 0 Å². The summed E-state index contributed by atoms with van der Waals surface area (Å²) in [5.74, 6) is -1.08. The van der Waals surface area contributed by atoms with E-state index < -0.39 is 23.5 Å². The highest BCUT2D eigenvalue weighted by molar-refractivity contribution is 6.51. The summed E-state index contributed by atoms with van der Waals surface area (Å²) in [5.41, 5.74) is 0.878. The summed E-state index contributed by atoms with van der Waals surface area (Å²) in [4.78, 5) is 28.1. The minimum Gasteiger partial charge on any atom is -0.507 e. The van der Waals surface area contributed by atoms with E-state index in [-0.39, 0.29) is 17.0 Å². The number of hydrogen-bond donors (Lipinski definition) is 1. The first-order chi connectivity index (χ1) is 19.3. The smallest absolute Gasteiger partial charge is 0.300 e. The van der Waals surface area contributed by atoms with E-state index in [1.807, 2.05) is 0 Å². The SMILES string of the molecule is CCCCCOc1ccc(/C(O)=C2\C(=O)C(=O)N(c3ccc(F)cc3)C2c2cc(OC)c(OC)c(OC)c2)cc1. The maximum Gasteiger partial charge on any atom is 0.300 e. The fourth-order valence-corrected chi connectivity index (χ4v) is 4.68. The lowest BCUT2D eigenvalue weighted by Crippen LogP contribution is -2.29. The Bertz CT molecular complexity index is 1380. The average Bonchev–Trinajstić information content (AvgIpc) is 3.24. The highest BCUT2D eigenvalue weighted by Gasteiger charge is 2.47. The van der Waals surface area contributed by atoms with Crippen molar-refractivity contribution in [3.05, 3.63) is 83.2 Å². The van der Waals surface area contributed by atoms with Crippen LogP contribution in [-0.2, 0) is 9.59 Å². The molecule has 0 saturated carbocycles. The molecule has 1 aliphatic rings. The largest absolute Gasteiger partial charge is 0.507 e. The number of hydrogen-bond acceptors (Lipinski definition) is 7. The molecule has 9 heteroatoms. The lowest BCUT2D eigenvalue weighted by molar-refractivity contribution is -0.132. The maximum atomic E-state index is 13.7. The summed E-state index contributed by atoms with van der Waals surface area (Å²) in [5, 5.41) is 11.4. The lowest BCUT2D eigenvalue weighted by Gasteiger charge is -2.26. The number of unbranched alkanes of at least 4 members (excludes halogenated alkanes) is 2. The molecular weight excluding hydrogens is 517 g/mol. The summed E-state index contributed by atoms with van der Waals surface area (Å²) in [6.45, 7) is 2.69. The molecule has 1 saturated heterocycles. The molecule has 0 aromatic heterocycles. The van der Waals surface area contributed by atoms with E-state index in [0.29, 0.717) is 40.7 Å². The van der Waals surface area contributed by atoms with Crippen LogP contribution in [0.15, 0.2) is 66.2 Å². The van der Waals surface area contributed by atoms with E-state index in [2.05, 4.69) is 6.92 Å². The summed E-state index contributed by atoms with van der Waals surface area (Å²) in [6, 6.07) is 14.0. The summed E-state index contributed by atoms with van der Waals surface area (Å²) >= 11 is 0. The van der Waals surface area contributed by atoms with Gasteiger partial charge in [-0.05, 0) is 72.6 Å². The molecule has 0 bridgehead atoms. The fourth-order valence-electron chi connectivity index (χ4n) is 4.68. The fraction of sp³-hybridized carbons (Fsp3) is 0.290. The number of Topliss-reactive ketones (excluding diaryl/α,β-unsaturated/α-hetero) is 1. The third kappa shape index (κ3) is 5.59. The molecule has 1 N–H and O–H groups in total. The van der Waals surface area contributed by atoms with Gasteiger partial charge in [0.2, 0.25) is 5.75 Å². The van der Waals surface area contributed by atoms with Crippen molar-refractivity contribution in [2.75, 3.05) is 32.8 Å². The van der Waals surface area contributed by atoms with Crippen molar-refractivity contribution < 1.29 is 38.0 Å². The van der Waals surface area contributed by atoms with E-state index in [0.717, 1.165) is 19.3 Å². The van der Waals surface area contributed by atoms with Crippen molar-refractivity contribution in [2.45, 2.75) is 32.2 Å². The monoisotopic (exact) mass is 549 g/mol. The standard InChI is InChI=1S/C31H32FNO7/c1-5-6-7-16-40-23-14-8-19(9-15-23)28(34)26-27(20-17-24(37-2)30(39-4)25(18-20)38-3)33(31(36)29(26)35)22-12-10-21(32)11-13-22/h8-15,17-18,27,34H,5-7,16H2,1-4H3/b28-26+. The predicted octanol–water partition coefficient (Wildman–Crippen LogP) is 6.05. The van der Waals surface area contributed by atoms with Gasteiger partial charge in [-0.3, -0.25) is 14.5 Å². The van der Waals surface area contributed by atoms with Crippen molar-refractivity contribution >= 4 is 23.1 Å².